The number of alkyl halides is 1. The molecule has 0 aliphatic carbocycles. The second-order valence-corrected chi connectivity index (χ2v) is 3.70. The van der Waals surface area contributed by atoms with Gasteiger partial charge in [-0.05, 0) is 24.0 Å². The number of nitrogens with two attached hydrogens (primary N) is 1. The molecule has 3 N–H and O–H groups in total. The predicted molar refractivity (Wildman–Crippen MR) is 59.9 cm³/mol. The van der Waals surface area contributed by atoms with E-state index >= 15 is 0 Å². The zero-order valence-corrected chi connectivity index (χ0v) is 9.07. The lowest BCUT2D eigenvalue weighted by Gasteiger charge is -2.06. The summed E-state index contributed by atoms with van der Waals surface area (Å²) < 4.78 is 0. The molecule has 1 rings (SSSR count). The number of benzene rings is 1. The molecule has 0 aliphatic heterocycles. The van der Waals surface area contributed by atoms with Crippen LogP contribution in [0.1, 0.15) is 17.5 Å². The standard InChI is InChI=1S/C11H14ClNO2/c12-7-9-3-1-2-8(6-9)4-5-10(13)11(14)15/h1-3,6,10H,4-5,7,13H2,(H,14,15)/t10-/m0/s1. The highest BCUT2D eigenvalue weighted by atomic mass is 35.5. The molecule has 0 amide bonds. The van der Waals surface area contributed by atoms with Crippen LogP contribution in [0.2, 0.25) is 0 Å². The van der Waals surface area contributed by atoms with E-state index in [1.54, 1.807) is 0 Å². The highest BCUT2D eigenvalue weighted by molar-refractivity contribution is 6.17. The van der Waals surface area contributed by atoms with Crippen molar-refractivity contribution in [2.75, 3.05) is 0 Å². The molecule has 3 nitrogen and oxygen atoms in total. The maximum absolute atomic E-state index is 10.5. The number of carboxylic acids is 1. The number of rotatable bonds is 5. The molecule has 0 radical (unpaired) electrons. The average Bonchev–Trinajstić information content (AvgIpc) is 2.26. The number of aryl methyl sites for hydroxylation is 1. The van der Waals surface area contributed by atoms with E-state index in [9.17, 15) is 4.79 Å². The van der Waals surface area contributed by atoms with Gasteiger partial charge in [-0.25, -0.2) is 0 Å². The Morgan fingerprint density at radius 2 is 2.13 bits per heavy atom. The molecule has 1 aromatic carbocycles. The first-order chi connectivity index (χ1) is 7.13. The lowest BCUT2D eigenvalue weighted by atomic mass is 10.0. The van der Waals surface area contributed by atoms with Gasteiger partial charge in [-0.15, -0.1) is 11.6 Å². The van der Waals surface area contributed by atoms with Gasteiger partial charge in [0.25, 0.3) is 0 Å². The number of halogens is 1. The normalized spacial score (nSPS) is 12.4. The van der Waals surface area contributed by atoms with Gasteiger partial charge in [0.05, 0.1) is 0 Å². The van der Waals surface area contributed by atoms with Crippen molar-refractivity contribution in [3.05, 3.63) is 35.4 Å². The fraction of sp³-hybridized carbons (Fsp3) is 0.364. The van der Waals surface area contributed by atoms with Gasteiger partial charge < -0.3 is 10.8 Å². The summed E-state index contributed by atoms with van der Waals surface area (Å²) >= 11 is 5.69. The van der Waals surface area contributed by atoms with Gasteiger partial charge in [-0.3, -0.25) is 4.79 Å². The summed E-state index contributed by atoms with van der Waals surface area (Å²) in [6.07, 6.45) is 1.11. The van der Waals surface area contributed by atoms with Crippen molar-refractivity contribution in [2.45, 2.75) is 24.8 Å². The van der Waals surface area contributed by atoms with E-state index in [0.29, 0.717) is 18.7 Å². The Bertz CT molecular complexity index is 341. The van der Waals surface area contributed by atoms with Crippen LogP contribution in [0.15, 0.2) is 24.3 Å². The minimum absolute atomic E-state index is 0.446. The maximum Gasteiger partial charge on any atom is 0.320 e. The van der Waals surface area contributed by atoms with Crippen molar-refractivity contribution in [3.8, 4) is 0 Å². The van der Waals surface area contributed by atoms with Crippen molar-refractivity contribution in [1.29, 1.82) is 0 Å². The van der Waals surface area contributed by atoms with E-state index < -0.39 is 12.0 Å². The molecule has 15 heavy (non-hydrogen) atoms. The van der Waals surface area contributed by atoms with E-state index in [0.717, 1.165) is 11.1 Å². The number of aliphatic carboxylic acids is 1. The van der Waals surface area contributed by atoms with Gasteiger partial charge in [-0.2, -0.15) is 0 Å². The smallest absolute Gasteiger partial charge is 0.320 e. The second kappa shape index (κ2) is 5.73. The molecule has 0 saturated heterocycles. The van der Waals surface area contributed by atoms with Crippen LogP contribution in [0.4, 0.5) is 0 Å². The van der Waals surface area contributed by atoms with Crippen LogP contribution < -0.4 is 5.73 Å². The summed E-state index contributed by atoms with van der Waals surface area (Å²) in [6, 6.07) is 6.99. The Kier molecular flexibility index (Phi) is 4.59. The first-order valence-corrected chi connectivity index (χ1v) is 5.29. The Morgan fingerprint density at radius 1 is 1.47 bits per heavy atom. The quantitative estimate of drug-likeness (QED) is 0.754. The molecule has 82 valence electrons. The van der Waals surface area contributed by atoms with Crippen molar-refractivity contribution in [1.82, 2.24) is 0 Å². The van der Waals surface area contributed by atoms with E-state index in [1.807, 2.05) is 24.3 Å². The molecule has 0 saturated carbocycles. The third-order valence-corrected chi connectivity index (χ3v) is 2.52. The molecule has 0 aromatic heterocycles. The van der Waals surface area contributed by atoms with Crippen LogP contribution in [0.3, 0.4) is 0 Å². The fourth-order valence-corrected chi connectivity index (χ4v) is 1.48. The van der Waals surface area contributed by atoms with Crippen LogP contribution in [0, 0.1) is 0 Å². The first-order valence-electron chi connectivity index (χ1n) is 4.75. The summed E-state index contributed by atoms with van der Waals surface area (Å²) in [7, 11) is 0. The van der Waals surface area contributed by atoms with Crippen LogP contribution >= 0.6 is 11.6 Å². The van der Waals surface area contributed by atoms with Crippen LogP contribution in [-0.2, 0) is 17.1 Å². The molecule has 4 heteroatoms. The van der Waals surface area contributed by atoms with Crippen LogP contribution in [0.5, 0.6) is 0 Å². The molecule has 0 fully saturated rings. The molecule has 0 bridgehead atoms. The topological polar surface area (TPSA) is 63.3 Å². The molecule has 0 heterocycles. The summed E-state index contributed by atoms with van der Waals surface area (Å²) in [4.78, 5) is 10.5. The predicted octanol–water partition coefficient (Wildman–Crippen LogP) is 1.77. The van der Waals surface area contributed by atoms with Gasteiger partial charge in [-0.1, -0.05) is 24.3 Å². The summed E-state index contributed by atoms with van der Waals surface area (Å²) in [6.45, 7) is 0. The maximum atomic E-state index is 10.5. The van der Waals surface area contributed by atoms with Crippen LogP contribution in [-0.4, -0.2) is 17.1 Å². The third kappa shape index (κ3) is 3.90. The number of hydrogen-bond acceptors (Lipinski definition) is 2. The van der Waals surface area contributed by atoms with Crippen LogP contribution in [0.25, 0.3) is 0 Å². The zero-order valence-electron chi connectivity index (χ0n) is 8.32. The highest BCUT2D eigenvalue weighted by Gasteiger charge is 2.10. The number of hydrogen-bond donors (Lipinski definition) is 2. The Morgan fingerprint density at radius 3 is 2.73 bits per heavy atom. The van der Waals surface area contributed by atoms with Crippen molar-refractivity contribution < 1.29 is 9.90 Å². The minimum atomic E-state index is -0.955. The minimum Gasteiger partial charge on any atom is -0.480 e. The zero-order chi connectivity index (χ0) is 11.3. The monoisotopic (exact) mass is 227 g/mol. The summed E-state index contributed by atoms with van der Waals surface area (Å²) in [5.74, 6) is -0.484. The van der Waals surface area contributed by atoms with Gasteiger partial charge in [0.1, 0.15) is 6.04 Å². The lowest BCUT2D eigenvalue weighted by Crippen LogP contribution is -2.30. The third-order valence-electron chi connectivity index (χ3n) is 2.21. The van der Waals surface area contributed by atoms with Crippen molar-refractivity contribution in [2.24, 2.45) is 5.73 Å². The van der Waals surface area contributed by atoms with Gasteiger partial charge >= 0.3 is 5.97 Å². The van der Waals surface area contributed by atoms with E-state index in [2.05, 4.69) is 0 Å². The van der Waals surface area contributed by atoms with Gasteiger partial charge in [0.15, 0.2) is 0 Å². The molecule has 0 spiro atoms. The Labute approximate surface area is 93.9 Å². The Hall–Kier alpha value is -1.06. The first kappa shape index (κ1) is 12.0. The molecule has 0 unspecified atom stereocenters. The van der Waals surface area contributed by atoms with Gasteiger partial charge in [0.2, 0.25) is 0 Å². The lowest BCUT2D eigenvalue weighted by molar-refractivity contribution is -0.138. The number of carboxylic acid groups (broad SMARTS) is 1. The fourth-order valence-electron chi connectivity index (χ4n) is 1.31. The highest BCUT2D eigenvalue weighted by Crippen LogP contribution is 2.10. The Balaban J connectivity index is 2.53. The van der Waals surface area contributed by atoms with Gasteiger partial charge in [0, 0.05) is 5.88 Å². The summed E-state index contributed by atoms with van der Waals surface area (Å²) in [5.41, 5.74) is 7.52. The van der Waals surface area contributed by atoms with Crippen molar-refractivity contribution in [3.63, 3.8) is 0 Å². The number of carbonyl (C=O) groups is 1. The molecule has 1 atom stereocenters. The van der Waals surface area contributed by atoms with E-state index in [1.165, 1.54) is 0 Å². The molecular formula is C11H14ClNO2. The average molecular weight is 228 g/mol. The van der Waals surface area contributed by atoms with E-state index in [4.69, 9.17) is 22.4 Å². The summed E-state index contributed by atoms with van der Waals surface area (Å²) in [5, 5.41) is 8.61. The molecule has 0 aliphatic rings. The molecular weight excluding hydrogens is 214 g/mol. The second-order valence-electron chi connectivity index (χ2n) is 3.44. The van der Waals surface area contributed by atoms with E-state index in [-0.39, 0.29) is 0 Å². The molecule has 1 aromatic rings. The van der Waals surface area contributed by atoms with Crippen molar-refractivity contribution >= 4 is 17.6 Å². The largest absolute Gasteiger partial charge is 0.480 e. The SMILES string of the molecule is N[C@@H](CCc1cccc(CCl)c1)C(=O)O.